The van der Waals surface area contributed by atoms with Gasteiger partial charge in [-0.25, -0.2) is 5.14 Å². The number of nitrogens with two attached hydrogens (primary N) is 1. The molecule has 5 heavy (non-hydrogen) atoms. The van der Waals surface area contributed by atoms with Crippen molar-refractivity contribution in [3.05, 3.63) is 0 Å². The molecule has 4 heteroatoms. The molecule has 0 aliphatic carbocycles. The highest BCUT2D eigenvalue weighted by atomic mass is 32.2. The van der Waals surface area contributed by atoms with Crippen molar-refractivity contribution in [2.24, 2.45) is 5.14 Å². The van der Waals surface area contributed by atoms with Crippen LogP contribution in [-0.4, -0.2) is 0 Å². The SMILES string of the molecule is N#COSN. The molecule has 0 spiro atoms. The van der Waals surface area contributed by atoms with Gasteiger partial charge < -0.3 is 4.18 Å². The van der Waals surface area contributed by atoms with Gasteiger partial charge in [-0.2, -0.15) is 0 Å². The van der Waals surface area contributed by atoms with Crippen LogP contribution in [0.4, 0.5) is 0 Å². The molecular weight excluding hydrogens is 88.1 g/mol. The van der Waals surface area contributed by atoms with Crippen LogP contribution >= 0.6 is 12.2 Å². The Morgan fingerprint density at radius 2 is 2.60 bits per heavy atom. The molecular formula is CH2N2OS. The highest BCUT2D eigenvalue weighted by Gasteiger charge is 1.62. The predicted octanol–water partition coefficient (Wildman–Crippen LogP) is 0.00598. The van der Waals surface area contributed by atoms with Gasteiger partial charge in [-0.05, 0) is 0 Å². The summed E-state index contributed by atoms with van der Waals surface area (Å²) in [5.41, 5.74) is 0. The van der Waals surface area contributed by atoms with Crippen LogP contribution in [0.1, 0.15) is 0 Å². The molecule has 28 valence electrons. The van der Waals surface area contributed by atoms with Gasteiger partial charge in [-0.3, -0.25) is 0 Å². The third kappa shape index (κ3) is 3.60. The minimum Gasteiger partial charge on any atom is -0.335 e. The van der Waals surface area contributed by atoms with Gasteiger partial charge in [0.2, 0.25) is 0 Å². The normalized spacial score (nSPS) is 5.60. The molecule has 0 aliphatic heterocycles. The summed E-state index contributed by atoms with van der Waals surface area (Å²) in [6.07, 6.45) is 1.36. The second-order valence-corrected chi connectivity index (χ2v) is 0.630. The van der Waals surface area contributed by atoms with E-state index in [0.29, 0.717) is 12.2 Å². The summed E-state index contributed by atoms with van der Waals surface area (Å²) in [6, 6.07) is 0. The first kappa shape index (κ1) is 4.60. The molecule has 0 aromatic heterocycles. The van der Waals surface area contributed by atoms with E-state index in [1.165, 1.54) is 6.26 Å². The van der Waals surface area contributed by atoms with Gasteiger partial charge in [-0.15, -0.1) is 5.26 Å². The molecule has 0 saturated carbocycles. The zero-order chi connectivity index (χ0) is 4.12. The van der Waals surface area contributed by atoms with Gasteiger partial charge in [-0.1, -0.05) is 0 Å². The Morgan fingerprint density at radius 1 is 2.00 bits per heavy atom. The van der Waals surface area contributed by atoms with Crippen molar-refractivity contribution in [3.8, 4) is 6.26 Å². The summed E-state index contributed by atoms with van der Waals surface area (Å²) >= 11 is 0.541. The quantitative estimate of drug-likeness (QED) is 0.280. The monoisotopic (exact) mass is 90.0 g/mol. The van der Waals surface area contributed by atoms with Crippen molar-refractivity contribution in [3.63, 3.8) is 0 Å². The topological polar surface area (TPSA) is 59.0 Å². The summed E-state index contributed by atoms with van der Waals surface area (Å²) in [5.74, 6) is 0. The molecule has 0 amide bonds. The van der Waals surface area contributed by atoms with Crippen LogP contribution in [0.3, 0.4) is 0 Å². The molecule has 3 nitrogen and oxygen atoms in total. The molecule has 0 unspecified atom stereocenters. The van der Waals surface area contributed by atoms with E-state index in [0.717, 1.165) is 0 Å². The van der Waals surface area contributed by atoms with E-state index in [2.05, 4.69) is 9.32 Å². The Hall–Kier alpha value is -0.400. The van der Waals surface area contributed by atoms with E-state index in [1.807, 2.05) is 0 Å². The zero-order valence-electron chi connectivity index (χ0n) is 2.34. The van der Waals surface area contributed by atoms with Crippen molar-refractivity contribution in [2.75, 3.05) is 0 Å². The molecule has 0 aliphatic rings. The fraction of sp³-hybridized carbons (Fsp3) is 0. The molecule has 0 aromatic rings. The highest BCUT2D eigenvalue weighted by molar-refractivity contribution is 7.92. The van der Waals surface area contributed by atoms with E-state index >= 15 is 0 Å². The summed E-state index contributed by atoms with van der Waals surface area (Å²) < 4.78 is 3.83. The first-order valence-electron chi connectivity index (χ1n) is 0.830. The lowest BCUT2D eigenvalue weighted by Gasteiger charge is -1.72. The molecule has 0 aromatic carbocycles. The molecule has 0 radical (unpaired) electrons. The number of nitriles is 1. The van der Waals surface area contributed by atoms with E-state index < -0.39 is 0 Å². The van der Waals surface area contributed by atoms with Crippen molar-refractivity contribution in [1.29, 1.82) is 5.26 Å². The van der Waals surface area contributed by atoms with E-state index in [-0.39, 0.29) is 0 Å². The van der Waals surface area contributed by atoms with Crippen molar-refractivity contribution in [1.82, 2.24) is 0 Å². The van der Waals surface area contributed by atoms with Crippen molar-refractivity contribution < 1.29 is 4.18 Å². The van der Waals surface area contributed by atoms with Gasteiger partial charge >= 0.3 is 6.26 Å². The smallest absolute Gasteiger partial charge is 0.300 e. The molecule has 0 heterocycles. The first-order valence-corrected chi connectivity index (χ1v) is 1.63. The first-order chi connectivity index (χ1) is 2.41. The van der Waals surface area contributed by atoms with Crippen LogP contribution in [0.2, 0.25) is 0 Å². The van der Waals surface area contributed by atoms with Gasteiger partial charge in [0, 0.05) is 0 Å². The Balaban J connectivity index is 2.48. The maximum atomic E-state index is 7.49. The van der Waals surface area contributed by atoms with Crippen LogP contribution in [0.25, 0.3) is 0 Å². The number of nitrogens with zero attached hydrogens (tertiary/aromatic N) is 1. The van der Waals surface area contributed by atoms with Gasteiger partial charge in [0.1, 0.15) is 0 Å². The molecule has 0 atom stereocenters. The lowest BCUT2D eigenvalue weighted by atomic mass is 11.6. The maximum absolute atomic E-state index is 7.49. The van der Waals surface area contributed by atoms with Crippen LogP contribution in [0.15, 0.2) is 0 Å². The van der Waals surface area contributed by atoms with E-state index in [9.17, 15) is 0 Å². The third-order valence-corrected chi connectivity index (χ3v) is 0.256. The van der Waals surface area contributed by atoms with Crippen LogP contribution in [-0.2, 0) is 4.18 Å². The predicted molar refractivity (Wildman–Crippen MR) is 18.5 cm³/mol. The second-order valence-electron chi connectivity index (χ2n) is 0.271. The summed E-state index contributed by atoms with van der Waals surface area (Å²) in [7, 11) is 0. The van der Waals surface area contributed by atoms with Gasteiger partial charge in [0.25, 0.3) is 0 Å². The average Bonchev–Trinajstić information content (AvgIpc) is 1.41. The lowest BCUT2D eigenvalue weighted by molar-refractivity contribution is 0.596. The van der Waals surface area contributed by atoms with E-state index in [1.54, 1.807) is 0 Å². The lowest BCUT2D eigenvalue weighted by Crippen LogP contribution is -1.73. The fourth-order valence-corrected chi connectivity index (χ4v) is 0.0645. The number of hydrogen-bond acceptors (Lipinski definition) is 4. The Labute approximate surface area is 34.1 Å². The molecule has 0 bridgehead atoms. The van der Waals surface area contributed by atoms with Gasteiger partial charge in [0.15, 0.2) is 12.2 Å². The summed E-state index contributed by atoms with van der Waals surface area (Å²) in [6.45, 7) is 0. The van der Waals surface area contributed by atoms with Gasteiger partial charge in [0.05, 0.1) is 0 Å². The summed E-state index contributed by atoms with van der Waals surface area (Å²) in [5, 5.41) is 12.1. The minimum atomic E-state index is 0.541. The molecule has 0 fully saturated rings. The zero-order valence-corrected chi connectivity index (χ0v) is 3.16. The third-order valence-electron chi connectivity index (χ3n) is 0.0854. The maximum Gasteiger partial charge on any atom is 0.300 e. The average molecular weight is 90.1 g/mol. The largest absolute Gasteiger partial charge is 0.335 e. The fourth-order valence-electron chi connectivity index (χ4n) is 0.0215. The minimum absolute atomic E-state index is 0.541. The molecule has 2 N–H and O–H groups in total. The Bertz CT molecular complexity index is 48.1. The van der Waals surface area contributed by atoms with Crippen LogP contribution in [0, 0.1) is 11.5 Å². The second kappa shape index (κ2) is 3.60. The number of rotatable bonds is 1. The van der Waals surface area contributed by atoms with Crippen molar-refractivity contribution >= 4 is 12.2 Å². The molecule has 0 rings (SSSR count). The van der Waals surface area contributed by atoms with Crippen LogP contribution in [0.5, 0.6) is 0 Å². The Morgan fingerprint density at radius 3 is 2.60 bits per heavy atom. The number of hydrogen-bond donors (Lipinski definition) is 1. The van der Waals surface area contributed by atoms with Crippen LogP contribution < -0.4 is 5.14 Å². The van der Waals surface area contributed by atoms with E-state index in [4.69, 9.17) is 5.26 Å². The highest BCUT2D eigenvalue weighted by Crippen LogP contribution is 1.80. The Kier molecular flexibility index (Phi) is 3.31. The molecule has 0 saturated heterocycles. The summed E-state index contributed by atoms with van der Waals surface area (Å²) in [4.78, 5) is 0. The standard InChI is InChI=1S/CH2N2OS/c2-1-4-5-3/h3H2. The van der Waals surface area contributed by atoms with Crippen molar-refractivity contribution in [2.45, 2.75) is 0 Å².